The number of piperidine rings is 1. The van der Waals surface area contributed by atoms with Crippen molar-refractivity contribution >= 4 is 15.9 Å². The highest BCUT2D eigenvalue weighted by atomic mass is 32.2. The van der Waals surface area contributed by atoms with E-state index in [1.165, 1.54) is 16.1 Å². The molecule has 128 valence electrons. The van der Waals surface area contributed by atoms with Gasteiger partial charge in [0.2, 0.25) is 15.9 Å². The minimum absolute atomic E-state index is 0.0521. The molecule has 1 amide bonds. The van der Waals surface area contributed by atoms with Gasteiger partial charge in [0.1, 0.15) is 0 Å². The molecule has 1 heterocycles. The zero-order valence-electron chi connectivity index (χ0n) is 13.9. The minimum Gasteiger partial charge on any atom is -0.342 e. The third-order valence-electron chi connectivity index (χ3n) is 4.48. The van der Waals surface area contributed by atoms with Crippen molar-refractivity contribution in [3.63, 3.8) is 0 Å². The fourth-order valence-corrected chi connectivity index (χ4v) is 3.90. The quantitative estimate of drug-likeness (QED) is 0.794. The molecule has 0 radical (unpaired) electrons. The molecular formula is C17H26N2O3S. The average Bonchev–Trinajstić information content (AvgIpc) is 2.55. The number of hydrogen-bond acceptors (Lipinski definition) is 3. The molecule has 6 heteroatoms. The van der Waals surface area contributed by atoms with Gasteiger partial charge in [-0.2, -0.15) is 0 Å². The summed E-state index contributed by atoms with van der Waals surface area (Å²) < 4.78 is 24.6. The van der Waals surface area contributed by atoms with E-state index in [-0.39, 0.29) is 11.8 Å². The second-order valence-corrected chi connectivity index (χ2v) is 8.07. The Balaban J connectivity index is 1.88. The Morgan fingerprint density at radius 3 is 2.35 bits per heavy atom. The summed E-state index contributed by atoms with van der Waals surface area (Å²) in [5.41, 5.74) is 1.23. The number of amides is 1. The Hall–Kier alpha value is -1.40. The zero-order chi connectivity index (χ0) is 16.9. The highest BCUT2D eigenvalue weighted by Crippen LogP contribution is 2.21. The van der Waals surface area contributed by atoms with Crippen molar-refractivity contribution in [2.24, 2.45) is 5.92 Å². The third kappa shape index (κ3) is 5.04. The minimum atomic E-state index is -3.14. The normalized spacial score (nSPS) is 17.1. The number of likely N-dealkylation sites (N-methyl/N-ethyl adjacent to an activating group) is 1. The van der Waals surface area contributed by atoms with Gasteiger partial charge >= 0.3 is 0 Å². The SMILES string of the molecule is CCN(CCc1ccccc1)C(=O)C1CCN(S(C)(=O)=O)CC1. The first-order chi connectivity index (χ1) is 10.9. The van der Waals surface area contributed by atoms with E-state index in [1.54, 1.807) is 0 Å². The van der Waals surface area contributed by atoms with E-state index >= 15 is 0 Å². The molecule has 5 nitrogen and oxygen atoms in total. The van der Waals surface area contributed by atoms with Crippen LogP contribution in [0.5, 0.6) is 0 Å². The van der Waals surface area contributed by atoms with Crippen LogP contribution in [0, 0.1) is 5.92 Å². The second kappa shape index (κ2) is 7.93. The molecule has 1 saturated heterocycles. The van der Waals surface area contributed by atoms with Gasteiger partial charge < -0.3 is 4.90 Å². The van der Waals surface area contributed by atoms with Crippen LogP contribution in [0.15, 0.2) is 30.3 Å². The van der Waals surface area contributed by atoms with E-state index in [2.05, 4.69) is 12.1 Å². The number of hydrogen-bond donors (Lipinski definition) is 0. The van der Waals surface area contributed by atoms with Gasteiger partial charge in [-0.3, -0.25) is 4.79 Å². The topological polar surface area (TPSA) is 57.7 Å². The van der Waals surface area contributed by atoms with E-state index in [0.29, 0.717) is 39.0 Å². The first-order valence-corrected chi connectivity index (χ1v) is 10.0. The van der Waals surface area contributed by atoms with Crippen LogP contribution in [0.2, 0.25) is 0 Å². The summed E-state index contributed by atoms with van der Waals surface area (Å²) in [4.78, 5) is 14.6. The van der Waals surface area contributed by atoms with E-state index in [0.717, 1.165) is 6.42 Å². The van der Waals surface area contributed by atoms with E-state index in [1.807, 2.05) is 30.0 Å². The largest absolute Gasteiger partial charge is 0.342 e. The van der Waals surface area contributed by atoms with E-state index in [9.17, 15) is 13.2 Å². The molecule has 23 heavy (non-hydrogen) atoms. The number of nitrogens with zero attached hydrogens (tertiary/aromatic N) is 2. The van der Waals surface area contributed by atoms with Crippen LogP contribution >= 0.6 is 0 Å². The van der Waals surface area contributed by atoms with Gasteiger partial charge in [-0.15, -0.1) is 0 Å². The fraction of sp³-hybridized carbons (Fsp3) is 0.588. The van der Waals surface area contributed by atoms with Crippen molar-refractivity contribution in [1.82, 2.24) is 9.21 Å². The van der Waals surface area contributed by atoms with Crippen molar-refractivity contribution in [3.8, 4) is 0 Å². The number of rotatable bonds is 6. The van der Waals surface area contributed by atoms with Gasteiger partial charge in [0.15, 0.2) is 0 Å². The molecule has 1 aromatic rings. The summed E-state index contributed by atoms with van der Waals surface area (Å²) in [6.07, 6.45) is 3.32. The molecule has 1 aliphatic heterocycles. The summed E-state index contributed by atoms with van der Waals surface area (Å²) in [5, 5.41) is 0. The van der Waals surface area contributed by atoms with Gasteiger partial charge in [-0.25, -0.2) is 12.7 Å². The Kier molecular flexibility index (Phi) is 6.18. The molecule has 1 aromatic carbocycles. The third-order valence-corrected chi connectivity index (χ3v) is 5.78. The van der Waals surface area contributed by atoms with Crippen LogP contribution in [0.4, 0.5) is 0 Å². The lowest BCUT2D eigenvalue weighted by Gasteiger charge is -2.32. The van der Waals surface area contributed by atoms with Gasteiger partial charge in [0.05, 0.1) is 6.26 Å². The molecule has 0 atom stereocenters. The molecule has 0 unspecified atom stereocenters. The van der Waals surface area contributed by atoms with Crippen molar-refractivity contribution in [2.45, 2.75) is 26.2 Å². The summed E-state index contributed by atoms with van der Waals surface area (Å²) in [5.74, 6) is 0.111. The Bertz CT molecular complexity index is 608. The number of carbonyl (C=O) groups excluding carboxylic acids is 1. The predicted octanol–water partition coefficient (Wildman–Crippen LogP) is 1.75. The monoisotopic (exact) mass is 338 g/mol. The van der Waals surface area contributed by atoms with Crippen LogP contribution in [0.1, 0.15) is 25.3 Å². The van der Waals surface area contributed by atoms with Crippen LogP contribution in [-0.2, 0) is 21.2 Å². The van der Waals surface area contributed by atoms with Gasteiger partial charge in [-0.1, -0.05) is 30.3 Å². The van der Waals surface area contributed by atoms with Crippen LogP contribution in [0.3, 0.4) is 0 Å². The fourth-order valence-electron chi connectivity index (χ4n) is 3.03. The molecule has 0 aliphatic carbocycles. The summed E-state index contributed by atoms with van der Waals surface area (Å²) in [7, 11) is -3.14. The van der Waals surface area contributed by atoms with Crippen molar-refractivity contribution in [2.75, 3.05) is 32.4 Å². The van der Waals surface area contributed by atoms with Gasteiger partial charge in [-0.05, 0) is 31.7 Å². The maximum absolute atomic E-state index is 12.7. The highest BCUT2D eigenvalue weighted by molar-refractivity contribution is 7.88. The van der Waals surface area contributed by atoms with E-state index in [4.69, 9.17) is 0 Å². The lowest BCUT2D eigenvalue weighted by molar-refractivity contribution is -0.136. The second-order valence-electron chi connectivity index (χ2n) is 6.09. The maximum Gasteiger partial charge on any atom is 0.225 e. The zero-order valence-corrected chi connectivity index (χ0v) is 14.8. The van der Waals surface area contributed by atoms with Crippen molar-refractivity contribution < 1.29 is 13.2 Å². The first kappa shape index (κ1) is 17.9. The smallest absolute Gasteiger partial charge is 0.225 e. The number of benzene rings is 1. The average molecular weight is 338 g/mol. The summed E-state index contributed by atoms with van der Waals surface area (Å²) in [6.45, 7) is 4.30. The molecule has 2 rings (SSSR count). The first-order valence-electron chi connectivity index (χ1n) is 8.19. The molecule has 1 aliphatic rings. The van der Waals surface area contributed by atoms with Gasteiger partial charge in [0, 0.05) is 32.1 Å². The number of sulfonamides is 1. The number of carbonyl (C=O) groups is 1. The lowest BCUT2D eigenvalue weighted by Crippen LogP contribution is -2.44. The van der Waals surface area contributed by atoms with Gasteiger partial charge in [0.25, 0.3) is 0 Å². The molecule has 0 bridgehead atoms. The standard InChI is InChI=1S/C17H26N2O3S/c1-3-18(12-9-15-7-5-4-6-8-15)17(20)16-10-13-19(14-11-16)23(2,21)22/h4-8,16H,3,9-14H2,1-2H3. The van der Waals surface area contributed by atoms with Crippen LogP contribution < -0.4 is 0 Å². The molecule has 0 saturated carbocycles. The molecule has 1 fully saturated rings. The summed E-state index contributed by atoms with van der Waals surface area (Å²) in [6, 6.07) is 10.1. The molecular weight excluding hydrogens is 312 g/mol. The van der Waals surface area contributed by atoms with E-state index < -0.39 is 10.0 Å². The molecule has 0 spiro atoms. The van der Waals surface area contributed by atoms with Crippen molar-refractivity contribution in [3.05, 3.63) is 35.9 Å². The Morgan fingerprint density at radius 1 is 1.22 bits per heavy atom. The Labute approximate surface area is 139 Å². The maximum atomic E-state index is 12.7. The molecule has 0 N–H and O–H groups in total. The molecule has 0 aromatic heterocycles. The summed E-state index contributed by atoms with van der Waals surface area (Å²) >= 11 is 0. The lowest BCUT2D eigenvalue weighted by atomic mass is 9.96. The Morgan fingerprint density at radius 2 is 1.83 bits per heavy atom. The van der Waals surface area contributed by atoms with Crippen LogP contribution in [-0.4, -0.2) is 56.0 Å². The predicted molar refractivity (Wildman–Crippen MR) is 91.5 cm³/mol. The van der Waals surface area contributed by atoms with Crippen molar-refractivity contribution in [1.29, 1.82) is 0 Å². The highest BCUT2D eigenvalue weighted by Gasteiger charge is 2.30. The van der Waals surface area contributed by atoms with Crippen LogP contribution in [0.25, 0.3) is 0 Å².